The van der Waals surface area contributed by atoms with Gasteiger partial charge in [-0.25, -0.2) is 4.39 Å². The summed E-state index contributed by atoms with van der Waals surface area (Å²) >= 11 is 0.860. The molecule has 1 N–H and O–H groups in total. The lowest BCUT2D eigenvalue weighted by atomic mass is 10.2. The fourth-order valence-electron chi connectivity index (χ4n) is 1.37. The minimum atomic E-state index is -1.01. The van der Waals surface area contributed by atoms with Crippen molar-refractivity contribution >= 4 is 17.7 Å². The number of hydrogen-bond acceptors (Lipinski definition) is 6. The lowest BCUT2D eigenvalue weighted by Crippen LogP contribution is -1.97. The van der Waals surface area contributed by atoms with Gasteiger partial charge < -0.3 is 14.3 Å². The predicted molar refractivity (Wildman–Crippen MR) is 64.6 cm³/mol. The van der Waals surface area contributed by atoms with Gasteiger partial charge in [0.25, 0.3) is 11.1 Å². The average molecular weight is 284 g/mol. The Morgan fingerprint density at radius 3 is 3.00 bits per heavy atom. The van der Waals surface area contributed by atoms with Gasteiger partial charge in [-0.2, -0.15) is 0 Å². The van der Waals surface area contributed by atoms with E-state index >= 15 is 0 Å². The van der Waals surface area contributed by atoms with E-state index in [0.717, 1.165) is 11.8 Å². The molecule has 0 aliphatic heterocycles. The Morgan fingerprint density at radius 1 is 1.53 bits per heavy atom. The summed E-state index contributed by atoms with van der Waals surface area (Å²) in [5.41, 5.74) is 0.0553. The van der Waals surface area contributed by atoms with Gasteiger partial charge in [0.15, 0.2) is 0 Å². The van der Waals surface area contributed by atoms with Crippen LogP contribution in [0, 0.1) is 5.82 Å². The maximum Gasteiger partial charge on any atom is 0.314 e. The van der Waals surface area contributed by atoms with E-state index in [2.05, 4.69) is 10.2 Å². The number of nitrogens with zero attached hydrogens (tertiary/aromatic N) is 2. The third-order valence-corrected chi connectivity index (χ3v) is 2.94. The quantitative estimate of drug-likeness (QED) is 0.841. The lowest BCUT2D eigenvalue weighted by molar-refractivity contribution is -0.133. The second kappa shape index (κ2) is 5.70. The Morgan fingerprint density at radius 2 is 2.32 bits per heavy atom. The van der Waals surface area contributed by atoms with Gasteiger partial charge in [-0.1, -0.05) is 17.8 Å². The molecule has 0 atom stereocenters. The van der Waals surface area contributed by atoms with Crippen LogP contribution < -0.4 is 4.74 Å². The standard InChI is InChI=1S/C11H9FN2O4S/c1-17-7-4-2-3-6(12)9(7)10-13-14-11(18-10)19-5-8(15)16/h2-4H,5H2,1H3,(H,15,16). The zero-order valence-corrected chi connectivity index (χ0v) is 10.6. The van der Waals surface area contributed by atoms with Gasteiger partial charge in [0.2, 0.25) is 0 Å². The van der Waals surface area contributed by atoms with Crippen molar-refractivity contribution in [3.63, 3.8) is 0 Å². The van der Waals surface area contributed by atoms with Gasteiger partial charge in [-0.15, -0.1) is 10.2 Å². The fourth-order valence-corrected chi connectivity index (χ4v) is 1.86. The number of carbonyl (C=O) groups is 1. The van der Waals surface area contributed by atoms with E-state index in [9.17, 15) is 9.18 Å². The highest BCUT2D eigenvalue weighted by Crippen LogP contribution is 2.32. The van der Waals surface area contributed by atoms with Crippen molar-refractivity contribution in [2.45, 2.75) is 5.22 Å². The van der Waals surface area contributed by atoms with E-state index in [1.165, 1.54) is 19.2 Å². The van der Waals surface area contributed by atoms with Gasteiger partial charge in [0.05, 0.1) is 7.11 Å². The number of methoxy groups -OCH3 is 1. The molecule has 8 heteroatoms. The van der Waals surface area contributed by atoms with Crippen molar-refractivity contribution < 1.29 is 23.4 Å². The Balaban J connectivity index is 2.30. The van der Waals surface area contributed by atoms with E-state index in [4.69, 9.17) is 14.3 Å². The summed E-state index contributed by atoms with van der Waals surface area (Å²) in [6.07, 6.45) is 0. The molecule has 0 aliphatic carbocycles. The maximum atomic E-state index is 13.7. The number of aliphatic carboxylic acids is 1. The maximum absolute atomic E-state index is 13.7. The second-order valence-corrected chi connectivity index (χ2v) is 4.30. The van der Waals surface area contributed by atoms with Crippen molar-refractivity contribution in [1.82, 2.24) is 10.2 Å². The van der Waals surface area contributed by atoms with Crippen molar-refractivity contribution in [2.75, 3.05) is 12.9 Å². The van der Waals surface area contributed by atoms with Gasteiger partial charge in [-0.05, 0) is 12.1 Å². The Labute approximate surface area is 111 Å². The fraction of sp³-hybridized carbons (Fsp3) is 0.182. The van der Waals surface area contributed by atoms with E-state index in [1.54, 1.807) is 6.07 Å². The number of benzene rings is 1. The molecule has 0 fully saturated rings. The van der Waals surface area contributed by atoms with E-state index in [0.29, 0.717) is 0 Å². The molecule has 2 rings (SSSR count). The highest BCUT2D eigenvalue weighted by atomic mass is 32.2. The molecule has 2 aromatic rings. The minimum Gasteiger partial charge on any atom is -0.496 e. The molecule has 0 spiro atoms. The number of thioether (sulfide) groups is 1. The molecular weight excluding hydrogens is 275 g/mol. The third kappa shape index (κ3) is 3.02. The molecule has 100 valence electrons. The number of hydrogen-bond donors (Lipinski definition) is 1. The number of aromatic nitrogens is 2. The van der Waals surface area contributed by atoms with Crippen LogP contribution in [0.4, 0.5) is 4.39 Å². The molecular formula is C11H9FN2O4S. The first-order chi connectivity index (χ1) is 9.11. The second-order valence-electron chi connectivity index (χ2n) is 3.37. The molecule has 1 aromatic heterocycles. The average Bonchev–Trinajstić information content (AvgIpc) is 2.84. The topological polar surface area (TPSA) is 85.5 Å². The van der Waals surface area contributed by atoms with Crippen molar-refractivity contribution in [2.24, 2.45) is 0 Å². The molecule has 0 unspecified atom stereocenters. The first kappa shape index (κ1) is 13.3. The first-order valence-corrected chi connectivity index (χ1v) is 6.11. The lowest BCUT2D eigenvalue weighted by Gasteiger charge is -2.04. The molecule has 6 nitrogen and oxygen atoms in total. The summed E-state index contributed by atoms with van der Waals surface area (Å²) < 4.78 is 24.0. The summed E-state index contributed by atoms with van der Waals surface area (Å²) in [5.74, 6) is -1.57. The smallest absolute Gasteiger partial charge is 0.314 e. The molecule has 0 saturated carbocycles. The van der Waals surface area contributed by atoms with Crippen molar-refractivity contribution in [3.8, 4) is 17.2 Å². The minimum absolute atomic E-state index is 0.0529. The number of carboxylic acids is 1. The van der Waals surface area contributed by atoms with Crippen molar-refractivity contribution in [3.05, 3.63) is 24.0 Å². The molecule has 1 heterocycles. The largest absolute Gasteiger partial charge is 0.496 e. The highest BCUT2D eigenvalue weighted by Gasteiger charge is 2.18. The Bertz CT molecular complexity index is 602. The SMILES string of the molecule is COc1cccc(F)c1-c1nnc(SCC(=O)O)o1. The predicted octanol–water partition coefficient (Wildman–Crippen LogP) is 2.06. The molecule has 0 amide bonds. The van der Waals surface area contributed by atoms with Crippen LogP contribution in [0.3, 0.4) is 0 Å². The van der Waals surface area contributed by atoms with Gasteiger partial charge in [0.1, 0.15) is 22.9 Å². The first-order valence-electron chi connectivity index (χ1n) is 5.12. The Hall–Kier alpha value is -2.09. The van der Waals surface area contributed by atoms with Crippen LogP contribution in [-0.2, 0) is 4.79 Å². The molecule has 19 heavy (non-hydrogen) atoms. The van der Waals surface area contributed by atoms with Gasteiger partial charge in [-0.3, -0.25) is 4.79 Å². The molecule has 0 saturated heterocycles. The third-order valence-electron chi connectivity index (χ3n) is 2.13. The van der Waals surface area contributed by atoms with E-state index < -0.39 is 11.8 Å². The number of halogens is 1. The van der Waals surface area contributed by atoms with Crippen LogP contribution >= 0.6 is 11.8 Å². The molecule has 0 aliphatic rings. The Kier molecular flexibility index (Phi) is 4.00. The van der Waals surface area contributed by atoms with Crippen molar-refractivity contribution in [1.29, 1.82) is 0 Å². The summed E-state index contributed by atoms with van der Waals surface area (Å²) in [6, 6.07) is 4.30. The van der Waals surface area contributed by atoms with Crippen LogP contribution in [0.1, 0.15) is 0 Å². The van der Waals surface area contributed by atoms with Crippen LogP contribution in [-0.4, -0.2) is 34.1 Å². The summed E-state index contributed by atoms with van der Waals surface area (Å²) in [7, 11) is 1.40. The highest BCUT2D eigenvalue weighted by molar-refractivity contribution is 7.99. The van der Waals surface area contributed by atoms with Gasteiger partial charge in [0, 0.05) is 0 Å². The molecule has 1 aromatic carbocycles. The summed E-state index contributed by atoms with van der Waals surface area (Å²) in [5, 5.41) is 15.9. The normalized spacial score (nSPS) is 10.4. The van der Waals surface area contributed by atoms with Gasteiger partial charge >= 0.3 is 5.97 Å². The zero-order chi connectivity index (χ0) is 13.8. The zero-order valence-electron chi connectivity index (χ0n) is 9.79. The summed E-state index contributed by atoms with van der Waals surface area (Å²) in [6.45, 7) is 0. The van der Waals surface area contributed by atoms with Crippen LogP contribution in [0.25, 0.3) is 11.5 Å². The van der Waals surface area contributed by atoms with Crippen LogP contribution in [0.5, 0.6) is 5.75 Å². The van der Waals surface area contributed by atoms with E-state index in [1.807, 2.05) is 0 Å². The molecule has 0 radical (unpaired) electrons. The van der Waals surface area contributed by atoms with Crippen LogP contribution in [0.15, 0.2) is 27.8 Å². The molecule has 0 bridgehead atoms. The van der Waals surface area contributed by atoms with Crippen LogP contribution in [0.2, 0.25) is 0 Å². The number of rotatable bonds is 5. The van der Waals surface area contributed by atoms with E-state index in [-0.39, 0.29) is 28.2 Å². The summed E-state index contributed by atoms with van der Waals surface area (Å²) in [4.78, 5) is 10.4. The number of ether oxygens (including phenoxy) is 1. The number of carboxylic acid groups (broad SMARTS) is 1. The monoisotopic (exact) mass is 284 g/mol.